The molecule has 1 aromatic heterocycles. The molecule has 1 aliphatic rings. The van der Waals surface area contributed by atoms with Crippen molar-refractivity contribution in [3.8, 4) is 5.75 Å². The zero-order valence-electron chi connectivity index (χ0n) is 10.6. The number of aromatic nitrogens is 2. The van der Waals surface area contributed by atoms with Gasteiger partial charge in [0.25, 0.3) is 0 Å². The van der Waals surface area contributed by atoms with E-state index in [1.54, 1.807) is 18.3 Å². The van der Waals surface area contributed by atoms with E-state index >= 15 is 0 Å². The lowest BCUT2D eigenvalue weighted by Gasteiger charge is -2.39. The van der Waals surface area contributed by atoms with Crippen molar-refractivity contribution in [1.82, 2.24) is 15.5 Å². The van der Waals surface area contributed by atoms with Crippen LogP contribution in [0.5, 0.6) is 5.75 Å². The van der Waals surface area contributed by atoms with Gasteiger partial charge >= 0.3 is 6.18 Å². The molecule has 7 heteroatoms. The standard InChI is InChI=1S/C13H14F3N3O/c14-13(15,16)12(3-5-17-6-4-12)20-10-1-2-11-9(7-10)8-18-19-11/h1-2,7-8,17H,3-6H2,(H,18,19). The van der Waals surface area contributed by atoms with Gasteiger partial charge in [0.05, 0.1) is 11.7 Å². The number of aromatic amines is 1. The van der Waals surface area contributed by atoms with Crippen LogP contribution < -0.4 is 10.1 Å². The van der Waals surface area contributed by atoms with E-state index in [0.717, 1.165) is 10.9 Å². The molecule has 0 spiro atoms. The van der Waals surface area contributed by atoms with E-state index < -0.39 is 11.8 Å². The molecule has 2 N–H and O–H groups in total. The summed E-state index contributed by atoms with van der Waals surface area (Å²) in [5.41, 5.74) is -1.33. The number of halogens is 3. The Hall–Kier alpha value is -1.76. The van der Waals surface area contributed by atoms with Crippen LogP contribution >= 0.6 is 0 Å². The van der Waals surface area contributed by atoms with Crippen molar-refractivity contribution in [2.75, 3.05) is 13.1 Å². The van der Waals surface area contributed by atoms with E-state index in [9.17, 15) is 13.2 Å². The van der Waals surface area contributed by atoms with E-state index in [-0.39, 0.29) is 18.6 Å². The number of nitrogens with zero attached hydrogens (tertiary/aromatic N) is 1. The van der Waals surface area contributed by atoms with Crippen LogP contribution in [0.25, 0.3) is 10.9 Å². The molecule has 1 aromatic carbocycles. The third-order valence-corrected chi connectivity index (χ3v) is 3.65. The average molecular weight is 285 g/mol. The molecule has 0 bridgehead atoms. The summed E-state index contributed by atoms with van der Waals surface area (Å²) in [5, 5.41) is 10.3. The Morgan fingerprint density at radius 2 is 1.95 bits per heavy atom. The number of piperidine rings is 1. The van der Waals surface area contributed by atoms with Gasteiger partial charge in [0.15, 0.2) is 0 Å². The molecule has 3 rings (SSSR count). The Kier molecular flexibility index (Phi) is 3.08. The van der Waals surface area contributed by atoms with Crippen molar-refractivity contribution in [2.24, 2.45) is 0 Å². The first-order valence-corrected chi connectivity index (χ1v) is 6.40. The van der Waals surface area contributed by atoms with E-state index in [1.165, 1.54) is 6.07 Å². The highest BCUT2D eigenvalue weighted by molar-refractivity contribution is 5.79. The van der Waals surface area contributed by atoms with Gasteiger partial charge in [0, 0.05) is 18.2 Å². The monoisotopic (exact) mass is 285 g/mol. The molecule has 1 aliphatic heterocycles. The van der Waals surface area contributed by atoms with Gasteiger partial charge in [-0.05, 0) is 31.3 Å². The summed E-state index contributed by atoms with van der Waals surface area (Å²) in [4.78, 5) is 0. The minimum absolute atomic E-state index is 0.0834. The highest BCUT2D eigenvalue weighted by atomic mass is 19.4. The van der Waals surface area contributed by atoms with Gasteiger partial charge in [0.1, 0.15) is 5.75 Å². The van der Waals surface area contributed by atoms with Crippen molar-refractivity contribution in [3.05, 3.63) is 24.4 Å². The molecule has 0 radical (unpaired) electrons. The van der Waals surface area contributed by atoms with Crippen molar-refractivity contribution >= 4 is 10.9 Å². The number of ether oxygens (including phenoxy) is 1. The first-order valence-electron chi connectivity index (χ1n) is 6.40. The summed E-state index contributed by atoms with van der Waals surface area (Å²) in [6.45, 7) is 0.598. The normalized spacial score (nSPS) is 19.1. The SMILES string of the molecule is FC(F)(F)C1(Oc2ccc3[nH]ncc3c2)CCNCC1. The highest BCUT2D eigenvalue weighted by Gasteiger charge is 2.57. The summed E-state index contributed by atoms with van der Waals surface area (Å²) in [6, 6.07) is 4.78. The van der Waals surface area contributed by atoms with Crippen LogP contribution in [0.15, 0.2) is 24.4 Å². The Balaban J connectivity index is 1.92. The molecule has 20 heavy (non-hydrogen) atoms. The number of hydrogen-bond acceptors (Lipinski definition) is 3. The molecule has 4 nitrogen and oxygen atoms in total. The minimum Gasteiger partial charge on any atom is -0.478 e. The first-order chi connectivity index (χ1) is 9.50. The fourth-order valence-corrected chi connectivity index (χ4v) is 2.48. The maximum atomic E-state index is 13.4. The predicted octanol–water partition coefficient (Wildman–Crippen LogP) is 2.63. The van der Waals surface area contributed by atoms with Gasteiger partial charge in [-0.2, -0.15) is 18.3 Å². The van der Waals surface area contributed by atoms with Crippen molar-refractivity contribution in [2.45, 2.75) is 24.6 Å². The molecule has 2 aromatic rings. The fraction of sp³-hybridized carbons (Fsp3) is 0.462. The third-order valence-electron chi connectivity index (χ3n) is 3.65. The van der Waals surface area contributed by atoms with Gasteiger partial charge in [0.2, 0.25) is 5.60 Å². The van der Waals surface area contributed by atoms with Crippen LogP contribution in [0.2, 0.25) is 0 Å². The number of nitrogens with one attached hydrogen (secondary N) is 2. The number of rotatable bonds is 2. The second-order valence-corrected chi connectivity index (χ2v) is 4.96. The number of hydrogen-bond donors (Lipinski definition) is 2. The molecule has 0 saturated carbocycles. The Morgan fingerprint density at radius 3 is 2.65 bits per heavy atom. The smallest absolute Gasteiger partial charge is 0.428 e. The molecular weight excluding hydrogens is 271 g/mol. The van der Waals surface area contributed by atoms with Gasteiger partial charge in [-0.25, -0.2) is 0 Å². The summed E-state index contributed by atoms with van der Waals surface area (Å²) in [5.74, 6) is 0.220. The first kappa shape index (κ1) is 13.2. The fourth-order valence-electron chi connectivity index (χ4n) is 2.48. The van der Waals surface area contributed by atoms with Crippen LogP contribution in [-0.4, -0.2) is 35.1 Å². The molecular formula is C13H14F3N3O. The average Bonchev–Trinajstić information content (AvgIpc) is 2.86. The zero-order valence-corrected chi connectivity index (χ0v) is 10.6. The molecule has 1 fully saturated rings. The maximum absolute atomic E-state index is 13.4. The third kappa shape index (κ3) is 2.22. The van der Waals surface area contributed by atoms with E-state index in [4.69, 9.17) is 4.74 Å². The second-order valence-electron chi connectivity index (χ2n) is 4.96. The number of alkyl halides is 3. The lowest BCUT2D eigenvalue weighted by Crippen LogP contribution is -2.56. The van der Waals surface area contributed by atoms with Crippen LogP contribution in [0.4, 0.5) is 13.2 Å². The zero-order chi connectivity index (χ0) is 14.2. The number of H-pyrrole nitrogens is 1. The molecule has 0 unspecified atom stereocenters. The van der Waals surface area contributed by atoms with Gasteiger partial charge in [-0.15, -0.1) is 0 Å². The van der Waals surface area contributed by atoms with Crippen LogP contribution in [-0.2, 0) is 0 Å². The Morgan fingerprint density at radius 1 is 1.20 bits per heavy atom. The van der Waals surface area contributed by atoms with E-state index in [1.807, 2.05) is 0 Å². The summed E-state index contributed by atoms with van der Waals surface area (Å²) in [7, 11) is 0. The molecule has 0 amide bonds. The highest BCUT2D eigenvalue weighted by Crippen LogP contribution is 2.41. The van der Waals surface area contributed by atoms with Gasteiger partial charge < -0.3 is 10.1 Å². The summed E-state index contributed by atoms with van der Waals surface area (Å²) in [6.07, 6.45) is -2.99. The lowest BCUT2D eigenvalue weighted by molar-refractivity contribution is -0.256. The second kappa shape index (κ2) is 4.66. The molecule has 108 valence electrons. The summed E-state index contributed by atoms with van der Waals surface area (Å²) >= 11 is 0. The topological polar surface area (TPSA) is 49.9 Å². The van der Waals surface area contributed by atoms with Crippen LogP contribution in [0.3, 0.4) is 0 Å². The Bertz CT molecular complexity index is 602. The quantitative estimate of drug-likeness (QED) is 0.891. The van der Waals surface area contributed by atoms with E-state index in [0.29, 0.717) is 13.1 Å². The van der Waals surface area contributed by atoms with Gasteiger partial charge in [-0.3, -0.25) is 5.10 Å². The lowest BCUT2D eigenvalue weighted by atomic mass is 9.91. The molecule has 1 saturated heterocycles. The number of fused-ring (bicyclic) bond motifs is 1. The largest absolute Gasteiger partial charge is 0.478 e. The van der Waals surface area contributed by atoms with E-state index in [2.05, 4.69) is 15.5 Å². The van der Waals surface area contributed by atoms with Crippen LogP contribution in [0.1, 0.15) is 12.8 Å². The predicted molar refractivity (Wildman–Crippen MR) is 67.6 cm³/mol. The van der Waals surface area contributed by atoms with Crippen LogP contribution in [0, 0.1) is 0 Å². The maximum Gasteiger partial charge on any atom is 0.428 e. The minimum atomic E-state index is -4.39. The van der Waals surface area contributed by atoms with Crippen molar-refractivity contribution in [1.29, 1.82) is 0 Å². The summed E-state index contributed by atoms with van der Waals surface area (Å²) < 4.78 is 45.5. The number of benzene rings is 1. The Labute approximate surface area is 113 Å². The molecule has 0 atom stereocenters. The molecule has 0 aliphatic carbocycles. The van der Waals surface area contributed by atoms with Gasteiger partial charge in [-0.1, -0.05) is 0 Å². The molecule has 2 heterocycles. The van der Waals surface area contributed by atoms with Crippen molar-refractivity contribution in [3.63, 3.8) is 0 Å². The van der Waals surface area contributed by atoms with Crippen molar-refractivity contribution < 1.29 is 17.9 Å².